The summed E-state index contributed by atoms with van der Waals surface area (Å²) in [6.07, 6.45) is 3.65. The number of benzene rings is 1. The number of anilines is 1. The van der Waals surface area contributed by atoms with Gasteiger partial charge in [-0.3, -0.25) is 4.79 Å². The van der Waals surface area contributed by atoms with Crippen molar-refractivity contribution in [1.82, 2.24) is 0 Å². The molecule has 1 unspecified atom stereocenters. The van der Waals surface area contributed by atoms with Crippen LogP contribution in [0.3, 0.4) is 0 Å². The van der Waals surface area contributed by atoms with Gasteiger partial charge < -0.3 is 15.2 Å². The molecule has 4 heteroatoms. The van der Waals surface area contributed by atoms with Crippen molar-refractivity contribution in [3.63, 3.8) is 0 Å². The molecule has 0 saturated carbocycles. The molecular formula is C14H19NO3. The van der Waals surface area contributed by atoms with Crippen LogP contribution in [0, 0.1) is 0 Å². The van der Waals surface area contributed by atoms with Crippen LogP contribution in [0.1, 0.15) is 31.2 Å². The Balaban J connectivity index is 1.85. The summed E-state index contributed by atoms with van der Waals surface area (Å²) < 4.78 is 5.53. The van der Waals surface area contributed by atoms with Gasteiger partial charge in [-0.25, -0.2) is 0 Å². The minimum Gasteiger partial charge on any atom is -0.392 e. The van der Waals surface area contributed by atoms with Gasteiger partial charge in [-0.05, 0) is 37.0 Å². The molecule has 98 valence electrons. The second-order valence-electron chi connectivity index (χ2n) is 4.60. The Hall–Kier alpha value is -1.39. The van der Waals surface area contributed by atoms with E-state index in [1.54, 1.807) is 6.07 Å². The van der Waals surface area contributed by atoms with Crippen molar-refractivity contribution in [2.24, 2.45) is 0 Å². The summed E-state index contributed by atoms with van der Waals surface area (Å²) in [5.41, 5.74) is 1.52. The Bertz CT molecular complexity index is 400. The van der Waals surface area contributed by atoms with Crippen molar-refractivity contribution >= 4 is 11.6 Å². The molecule has 1 amide bonds. The monoisotopic (exact) mass is 249 g/mol. The standard InChI is InChI=1S/C14H19NO3/c16-10-11-4-3-5-12(8-11)15-14(17)9-13-6-1-2-7-18-13/h3-5,8,13,16H,1-2,6-7,9-10H2,(H,15,17). The van der Waals surface area contributed by atoms with Gasteiger partial charge in [0.05, 0.1) is 19.1 Å². The van der Waals surface area contributed by atoms with Gasteiger partial charge in [0.25, 0.3) is 0 Å². The Kier molecular flexibility index (Phi) is 4.73. The Labute approximate surface area is 107 Å². The Morgan fingerprint density at radius 1 is 1.44 bits per heavy atom. The first-order chi connectivity index (χ1) is 8.78. The van der Waals surface area contributed by atoms with Crippen LogP contribution in [0.2, 0.25) is 0 Å². The number of carbonyl (C=O) groups excluding carboxylic acids is 1. The van der Waals surface area contributed by atoms with E-state index in [0.717, 1.165) is 37.1 Å². The van der Waals surface area contributed by atoms with Crippen LogP contribution in [0.5, 0.6) is 0 Å². The van der Waals surface area contributed by atoms with Gasteiger partial charge in [0.1, 0.15) is 0 Å². The molecule has 2 N–H and O–H groups in total. The number of rotatable bonds is 4. The lowest BCUT2D eigenvalue weighted by Crippen LogP contribution is -2.25. The van der Waals surface area contributed by atoms with Crippen molar-refractivity contribution in [2.45, 2.75) is 38.4 Å². The van der Waals surface area contributed by atoms with Gasteiger partial charge >= 0.3 is 0 Å². The highest BCUT2D eigenvalue weighted by molar-refractivity contribution is 5.91. The number of nitrogens with one attached hydrogen (secondary N) is 1. The maximum atomic E-state index is 11.8. The molecule has 1 aromatic rings. The van der Waals surface area contributed by atoms with Crippen LogP contribution in [-0.2, 0) is 16.1 Å². The fourth-order valence-corrected chi connectivity index (χ4v) is 2.13. The molecule has 18 heavy (non-hydrogen) atoms. The topological polar surface area (TPSA) is 58.6 Å². The number of carbonyl (C=O) groups is 1. The highest BCUT2D eigenvalue weighted by atomic mass is 16.5. The van der Waals surface area contributed by atoms with Crippen LogP contribution in [-0.4, -0.2) is 23.7 Å². The van der Waals surface area contributed by atoms with Gasteiger partial charge in [0.2, 0.25) is 5.91 Å². The second kappa shape index (κ2) is 6.52. The van der Waals surface area contributed by atoms with Gasteiger partial charge in [0.15, 0.2) is 0 Å². The van der Waals surface area contributed by atoms with Crippen molar-refractivity contribution in [3.8, 4) is 0 Å². The van der Waals surface area contributed by atoms with Crippen molar-refractivity contribution < 1.29 is 14.6 Å². The first-order valence-corrected chi connectivity index (χ1v) is 6.39. The second-order valence-corrected chi connectivity index (χ2v) is 4.60. The quantitative estimate of drug-likeness (QED) is 0.859. The first kappa shape index (κ1) is 13.1. The molecule has 0 radical (unpaired) electrons. The molecule has 2 rings (SSSR count). The molecule has 1 aliphatic rings. The number of ether oxygens (including phenoxy) is 1. The summed E-state index contributed by atoms with van der Waals surface area (Å²) in [4.78, 5) is 11.8. The zero-order valence-electron chi connectivity index (χ0n) is 10.4. The van der Waals surface area contributed by atoms with Crippen molar-refractivity contribution in [3.05, 3.63) is 29.8 Å². The predicted molar refractivity (Wildman–Crippen MR) is 69.2 cm³/mol. The fourth-order valence-electron chi connectivity index (χ4n) is 2.13. The summed E-state index contributed by atoms with van der Waals surface area (Å²) >= 11 is 0. The number of aliphatic hydroxyl groups excluding tert-OH is 1. The first-order valence-electron chi connectivity index (χ1n) is 6.39. The van der Waals surface area contributed by atoms with Crippen LogP contribution in [0.15, 0.2) is 24.3 Å². The van der Waals surface area contributed by atoms with Crippen LogP contribution < -0.4 is 5.32 Å². The lowest BCUT2D eigenvalue weighted by atomic mass is 10.1. The van der Waals surface area contributed by atoms with Gasteiger partial charge in [-0.15, -0.1) is 0 Å². The molecule has 4 nitrogen and oxygen atoms in total. The third-order valence-corrected chi connectivity index (χ3v) is 3.08. The fraction of sp³-hybridized carbons (Fsp3) is 0.500. The smallest absolute Gasteiger partial charge is 0.226 e. The zero-order valence-corrected chi connectivity index (χ0v) is 10.4. The molecule has 1 saturated heterocycles. The van der Waals surface area contributed by atoms with E-state index >= 15 is 0 Å². The van der Waals surface area contributed by atoms with E-state index in [1.165, 1.54) is 0 Å². The minimum absolute atomic E-state index is 0.0184. The molecule has 1 aliphatic heterocycles. The van der Waals surface area contributed by atoms with Crippen LogP contribution in [0.25, 0.3) is 0 Å². The summed E-state index contributed by atoms with van der Waals surface area (Å²) in [6.45, 7) is 0.743. The Morgan fingerprint density at radius 2 is 2.33 bits per heavy atom. The van der Waals surface area contributed by atoms with E-state index < -0.39 is 0 Å². The van der Waals surface area contributed by atoms with Crippen LogP contribution in [0.4, 0.5) is 5.69 Å². The average molecular weight is 249 g/mol. The molecule has 1 aromatic carbocycles. The predicted octanol–water partition coefficient (Wildman–Crippen LogP) is 2.08. The zero-order chi connectivity index (χ0) is 12.8. The molecule has 1 atom stereocenters. The number of hydrogen-bond donors (Lipinski definition) is 2. The molecule has 1 heterocycles. The van der Waals surface area contributed by atoms with Crippen LogP contribution >= 0.6 is 0 Å². The third-order valence-electron chi connectivity index (χ3n) is 3.08. The summed E-state index contributed by atoms with van der Waals surface area (Å²) in [5, 5.41) is 11.9. The molecular weight excluding hydrogens is 230 g/mol. The summed E-state index contributed by atoms with van der Waals surface area (Å²) in [7, 11) is 0. The lowest BCUT2D eigenvalue weighted by Gasteiger charge is -2.21. The summed E-state index contributed by atoms with van der Waals surface area (Å²) in [5.74, 6) is -0.0306. The highest BCUT2D eigenvalue weighted by Crippen LogP contribution is 2.17. The molecule has 0 bridgehead atoms. The molecule has 0 aliphatic carbocycles. The lowest BCUT2D eigenvalue weighted by molar-refractivity contribution is -0.119. The third kappa shape index (κ3) is 3.82. The van der Waals surface area contributed by atoms with E-state index in [9.17, 15) is 4.79 Å². The Morgan fingerprint density at radius 3 is 3.06 bits per heavy atom. The maximum absolute atomic E-state index is 11.8. The number of hydrogen-bond acceptors (Lipinski definition) is 3. The molecule has 1 fully saturated rings. The molecule has 0 spiro atoms. The van der Waals surface area contributed by atoms with Gasteiger partial charge in [0, 0.05) is 12.3 Å². The van der Waals surface area contributed by atoms with E-state index in [2.05, 4.69) is 5.32 Å². The van der Waals surface area contributed by atoms with E-state index in [-0.39, 0.29) is 18.6 Å². The van der Waals surface area contributed by atoms with Gasteiger partial charge in [-0.2, -0.15) is 0 Å². The SMILES string of the molecule is O=C(CC1CCCCO1)Nc1cccc(CO)c1. The normalized spacial score (nSPS) is 19.5. The average Bonchev–Trinajstić information content (AvgIpc) is 2.40. The number of amides is 1. The van der Waals surface area contributed by atoms with Crippen molar-refractivity contribution in [2.75, 3.05) is 11.9 Å². The number of aliphatic hydroxyl groups is 1. The largest absolute Gasteiger partial charge is 0.392 e. The molecule has 0 aromatic heterocycles. The summed E-state index contributed by atoms with van der Waals surface area (Å²) in [6, 6.07) is 7.23. The van der Waals surface area contributed by atoms with Gasteiger partial charge in [-0.1, -0.05) is 12.1 Å². The highest BCUT2D eigenvalue weighted by Gasteiger charge is 2.17. The maximum Gasteiger partial charge on any atom is 0.226 e. The van der Waals surface area contributed by atoms with E-state index in [1.807, 2.05) is 18.2 Å². The van der Waals surface area contributed by atoms with Crippen molar-refractivity contribution in [1.29, 1.82) is 0 Å². The van der Waals surface area contributed by atoms with E-state index in [4.69, 9.17) is 9.84 Å². The minimum atomic E-state index is -0.0306. The van der Waals surface area contributed by atoms with E-state index in [0.29, 0.717) is 6.42 Å².